The van der Waals surface area contributed by atoms with Crippen molar-refractivity contribution >= 4 is 0 Å². The zero-order valence-electron chi connectivity index (χ0n) is 12.3. The molecule has 1 N–H and O–H groups in total. The van der Waals surface area contributed by atoms with Gasteiger partial charge in [-0.25, -0.2) is 4.98 Å². The van der Waals surface area contributed by atoms with Crippen molar-refractivity contribution in [3.05, 3.63) is 34.6 Å². The van der Waals surface area contributed by atoms with Crippen LogP contribution in [0.25, 0.3) is 11.3 Å². The van der Waals surface area contributed by atoms with Crippen molar-refractivity contribution in [2.24, 2.45) is 7.05 Å². The van der Waals surface area contributed by atoms with Crippen LogP contribution in [0.15, 0.2) is 23.3 Å². The summed E-state index contributed by atoms with van der Waals surface area (Å²) in [5.74, 6) is 0.549. The summed E-state index contributed by atoms with van der Waals surface area (Å²) in [5.41, 5.74) is 0.644. The molecule has 1 atom stereocenters. The molecule has 0 fully saturated rings. The van der Waals surface area contributed by atoms with Crippen LogP contribution in [0.2, 0.25) is 0 Å². The van der Waals surface area contributed by atoms with E-state index in [9.17, 15) is 4.79 Å². The number of rotatable bonds is 5. The molecule has 0 amide bonds. The van der Waals surface area contributed by atoms with Gasteiger partial charge in [0.1, 0.15) is 11.4 Å². The fourth-order valence-corrected chi connectivity index (χ4v) is 2.07. The van der Waals surface area contributed by atoms with Gasteiger partial charge in [-0.3, -0.25) is 9.48 Å². The maximum Gasteiger partial charge on any atom is 0.251 e. The number of hydrogen-bond donors (Lipinski definition) is 1. The normalized spacial score (nSPS) is 14.2. The molecule has 20 heavy (non-hydrogen) atoms. The molecule has 2 aromatic heterocycles. The smallest absolute Gasteiger partial charge is 0.251 e. The van der Waals surface area contributed by atoms with Crippen molar-refractivity contribution < 1.29 is 4.74 Å². The van der Waals surface area contributed by atoms with E-state index in [4.69, 9.17) is 4.74 Å². The fourth-order valence-electron chi connectivity index (χ4n) is 2.07. The Balaban J connectivity index is 2.51. The summed E-state index contributed by atoms with van der Waals surface area (Å²) < 4.78 is 7.44. The van der Waals surface area contributed by atoms with E-state index in [0.29, 0.717) is 18.1 Å². The minimum absolute atomic E-state index is 0.187. The van der Waals surface area contributed by atoms with Crippen LogP contribution >= 0.6 is 0 Å². The fraction of sp³-hybridized carbons (Fsp3) is 0.500. The molecule has 0 aliphatic carbocycles. The van der Waals surface area contributed by atoms with Crippen LogP contribution < -0.4 is 5.56 Å². The van der Waals surface area contributed by atoms with Crippen LogP contribution in [0.3, 0.4) is 0 Å². The molecule has 0 saturated carbocycles. The Kier molecular flexibility index (Phi) is 4.04. The number of nitrogens with one attached hydrogen (secondary N) is 1. The number of aryl methyl sites for hydroxylation is 1. The van der Waals surface area contributed by atoms with E-state index >= 15 is 0 Å². The molecule has 6 heteroatoms. The average Bonchev–Trinajstić information content (AvgIpc) is 2.85. The lowest BCUT2D eigenvalue weighted by atomic mass is 10.0. The van der Waals surface area contributed by atoms with Gasteiger partial charge in [0.05, 0.1) is 11.9 Å². The average molecular weight is 276 g/mol. The van der Waals surface area contributed by atoms with Crippen molar-refractivity contribution in [1.29, 1.82) is 0 Å². The molecular weight excluding hydrogens is 256 g/mol. The zero-order chi connectivity index (χ0) is 14.8. The highest BCUT2D eigenvalue weighted by Crippen LogP contribution is 2.26. The van der Waals surface area contributed by atoms with E-state index in [1.54, 1.807) is 10.9 Å². The quantitative estimate of drug-likeness (QED) is 0.904. The predicted molar refractivity (Wildman–Crippen MR) is 76.3 cm³/mol. The summed E-state index contributed by atoms with van der Waals surface area (Å²) in [7, 11) is 1.83. The second kappa shape index (κ2) is 5.58. The Labute approximate surface area is 117 Å². The second-order valence-electron chi connectivity index (χ2n) is 4.90. The molecule has 0 saturated heterocycles. The molecule has 0 aromatic carbocycles. The van der Waals surface area contributed by atoms with E-state index in [0.717, 1.165) is 12.0 Å². The van der Waals surface area contributed by atoms with E-state index in [1.165, 1.54) is 6.07 Å². The van der Waals surface area contributed by atoms with Gasteiger partial charge < -0.3 is 9.72 Å². The molecule has 1 unspecified atom stereocenters. The Morgan fingerprint density at radius 3 is 2.75 bits per heavy atom. The lowest BCUT2D eigenvalue weighted by Crippen LogP contribution is -2.30. The highest BCUT2D eigenvalue weighted by atomic mass is 16.5. The first-order valence-electron chi connectivity index (χ1n) is 6.73. The Morgan fingerprint density at radius 1 is 1.45 bits per heavy atom. The minimum Gasteiger partial charge on any atom is -0.368 e. The first-order chi connectivity index (χ1) is 9.48. The molecule has 0 bridgehead atoms. The van der Waals surface area contributed by atoms with Gasteiger partial charge in [-0.2, -0.15) is 5.10 Å². The van der Waals surface area contributed by atoms with Gasteiger partial charge in [-0.1, -0.05) is 6.92 Å². The van der Waals surface area contributed by atoms with Crippen molar-refractivity contribution in [1.82, 2.24) is 19.7 Å². The Morgan fingerprint density at radius 2 is 2.20 bits per heavy atom. The predicted octanol–water partition coefficient (Wildman–Crippen LogP) is 1.83. The van der Waals surface area contributed by atoms with Gasteiger partial charge in [0.25, 0.3) is 5.56 Å². The van der Waals surface area contributed by atoms with Crippen LogP contribution in [0.5, 0.6) is 0 Å². The molecule has 2 aromatic rings. The maximum atomic E-state index is 11.9. The van der Waals surface area contributed by atoms with Gasteiger partial charge >= 0.3 is 0 Å². The number of ether oxygens (including phenoxy) is 1. The van der Waals surface area contributed by atoms with E-state index in [1.807, 2.05) is 34.0 Å². The SMILES string of the molecule is CCOC(C)(CC)c1nc(-c2cnn(C)c2)cc(=O)[nH]1. The molecule has 0 aliphatic heterocycles. The third-order valence-electron chi connectivity index (χ3n) is 3.38. The lowest BCUT2D eigenvalue weighted by Gasteiger charge is -2.27. The van der Waals surface area contributed by atoms with Crippen molar-refractivity contribution in [3.63, 3.8) is 0 Å². The molecule has 2 rings (SSSR count). The van der Waals surface area contributed by atoms with Crippen molar-refractivity contribution in [3.8, 4) is 11.3 Å². The standard InChI is InChI=1S/C14H20N4O2/c1-5-14(3,20-6-2)13-16-11(7-12(19)17-13)10-8-15-18(4)9-10/h7-9H,5-6H2,1-4H3,(H,16,17,19). The van der Waals surface area contributed by atoms with Gasteiger partial charge in [0, 0.05) is 31.5 Å². The highest BCUT2D eigenvalue weighted by Gasteiger charge is 2.28. The van der Waals surface area contributed by atoms with Gasteiger partial charge in [0.15, 0.2) is 0 Å². The van der Waals surface area contributed by atoms with Gasteiger partial charge in [0.2, 0.25) is 0 Å². The number of hydrogen-bond acceptors (Lipinski definition) is 4. The Bertz CT molecular complexity index is 647. The van der Waals surface area contributed by atoms with Crippen molar-refractivity contribution in [2.45, 2.75) is 32.8 Å². The Hall–Kier alpha value is -1.95. The summed E-state index contributed by atoms with van der Waals surface area (Å²) in [6, 6.07) is 1.47. The summed E-state index contributed by atoms with van der Waals surface area (Å²) in [6.45, 7) is 6.43. The number of H-pyrrole nitrogens is 1. The second-order valence-corrected chi connectivity index (χ2v) is 4.90. The summed E-state index contributed by atoms with van der Waals surface area (Å²) in [4.78, 5) is 19.2. The molecule has 6 nitrogen and oxygen atoms in total. The number of aromatic amines is 1. The molecule has 108 valence electrons. The van der Waals surface area contributed by atoms with Gasteiger partial charge in [-0.05, 0) is 20.3 Å². The maximum absolute atomic E-state index is 11.9. The van der Waals surface area contributed by atoms with Crippen LogP contribution in [-0.2, 0) is 17.4 Å². The molecule has 0 aliphatic rings. The minimum atomic E-state index is -0.591. The van der Waals surface area contributed by atoms with Crippen LogP contribution in [0.4, 0.5) is 0 Å². The monoisotopic (exact) mass is 276 g/mol. The van der Waals surface area contributed by atoms with Crippen LogP contribution in [0.1, 0.15) is 33.0 Å². The summed E-state index contributed by atoms with van der Waals surface area (Å²) >= 11 is 0. The highest BCUT2D eigenvalue weighted by molar-refractivity contribution is 5.56. The molecule has 0 spiro atoms. The van der Waals surface area contributed by atoms with E-state index < -0.39 is 5.60 Å². The third kappa shape index (κ3) is 2.80. The van der Waals surface area contributed by atoms with Crippen LogP contribution in [-0.4, -0.2) is 26.4 Å². The first kappa shape index (κ1) is 14.5. The first-order valence-corrected chi connectivity index (χ1v) is 6.73. The number of aromatic nitrogens is 4. The van der Waals surface area contributed by atoms with E-state index in [2.05, 4.69) is 15.1 Å². The topological polar surface area (TPSA) is 72.8 Å². The van der Waals surface area contributed by atoms with E-state index in [-0.39, 0.29) is 5.56 Å². The molecular formula is C14H20N4O2. The number of nitrogens with zero attached hydrogens (tertiary/aromatic N) is 3. The summed E-state index contributed by atoms with van der Waals surface area (Å²) in [5, 5.41) is 4.10. The third-order valence-corrected chi connectivity index (χ3v) is 3.38. The largest absolute Gasteiger partial charge is 0.368 e. The molecule has 0 radical (unpaired) electrons. The van der Waals surface area contributed by atoms with Crippen molar-refractivity contribution in [2.75, 3.05) is 6.61 Å². The van der Waals surface area contributed by atoms with Crippen LogP contribution in [0, 0.1) is 0 Å². The zero-order valence-corrected chi connectivity index (χ0v) is 12.3. The molecule has 2 heterocycles. The van der Waals surface area contributed by atoms with Gasteiger partial charge in [-0.15, -0.1) is 0 Å². The summed E-state index contributed by atoms with van der Waals surface area (Å²) in [6.07, 6.45) is 4.24. The lowest BCUT2D eigenvalue weighted by molar-refractivity contribution is -0.0391.